The largest absolute Gasteiger partial charge is 0.356 e. The SMILES string of the molecule is CCNC(=NCCS(=O)(=O)CC)NN. The fourth-order valence-corrected chi connectivity index (χ4v) is 1.42. The molecule has 6 nitrogen and oxygen atoms in total. The summed E-state index contributed by atoms with van der Waals surface area (Å²) >= 11 is 0. The zero-order valence-electron chi connectivity index (χ0n) is 8.58. The molecule has 14 heavy (non-hydrogen) atoms. The van der Waals surface area contributed by atoms with Crippen LogP contribution in [-0.4, -0.2) is 39.0 Å². The van der Waals surface area contributed by atoms with Crippen LogP contribution in [0.3, 0.4) is 0 Å². The molecule has 0 atom stereocenters. The van der Waals surface area contributed by atoms with E-state index in [-0.39, 0.29) is 18.1 Å². The number of hydrogen-bond acceptors (Lipinski definition) is 4. The maximum absolute atomic E-state index is 11.1. The van der Waals surface area contributed by atoms with Crippen molar-refractivity contribution in [3.63, 3.8) is 0 Å². The molecule has 0 aliphatic carbocycles. The maximum atomic E-state index is 11.1. The van der Waals surface area contributed by atoms with Crippen molar-refractivity contribution in [3.8, 4) is 0 Å². The van der Waals surface area contributed by atoms with Crippen molar-refractivity contribution in [2.75, 3.05) is 24.6 Å². The number of hydrazine groups is 1. The van der Waals surface area contributed by atoms with Crippen LogP contribution in [0.5, 0.6) is 0 Å². The molecule has 0 unspecified atom stereocenters. The maximum Gasteiger partial charge on any atom is 0.205 e. The fourth-order valence-electron chi connectivity index (χ4n) is 0.761. The number of aliphatic imine (C=N–C) groups is 1. The summed E-state index contributed by atoms with van der Waals surface area (Å²) in [4.78, 5) is 3.96. The first-order valence-corrected chi connectivity index (χ1v) is 6.33. The quantitative estimate of drug-likeness (QED) is 0.236. The number of rotatable bonds is 5. The van der Waals surface area contributed by atoms with Gasteiger partial charge in [0.1, 0.15) is 0 Å². The number of nitrogens with two attached hydrogens (primary N) is 1. The van der Waals surface area contributed by atoms with Crippen molar-refractivity contribution >= 4 is 15.8 Å². The lowest BCUT2D eigenvalue weighted by Gasteiger charge is -2.06. The van der Waals surface area contributed by atoms with Crippen LogP contribution in [-0.2, 0) is 9.84 Å². The van der Waals surface area contributed by atoms with Crippen molar-refractivity contribution in [2.45, 2.75) is 13.8 Å². The summed E-state index contributed by atoms with van der Waals surface area (Å²) in [5.41, 5.74) is 2.35. The predicted molar refractivity (Wildman–Crippen MR) is 57.6 cm³/mol. The van der Waals surface area contributed by atoms with Crippen LogP contribution in [0.2, 0.25) is 0 Å². The predicted octanol–water partition coefficient (Wildman–Crippen LogP) is -1.15. The molecule has 0 bridgehead atoms. The number of nitrogens with one attached hydrogen (secondary N) is 2. The molecule has 84 valence electrons. The molecule has 0 aliphatic rings. The van der Waals surface area contributed by atoms with Crippen molar-refractivity contribution in [1.82, 2.24) is 10.7 Å². The van der Waals surface area contributed by atoms with Gasteiger partial charge in [-0.25, -0.2) is 14.3 Å². The minimum atomic E-state index is -2.94. The first kappa shape index (κ1) is 13.2. The monoisotopic (exact) mass is 222 g/mol. The molecule has 0 amide bonds. The van der Waals surface area contributed by atoms with Gasteiger partial charge in [-0.05, 0) is 6.92 Å². The van der Waals surface area contributed by atoms with E-state index in [1.165, 1.54) is 0 Å². The Balaban J connectivity index is 4.02. The lowest BCUT2D eigenvalue weighted by atomic mass is 10.7. The van der Waals surface area contributed by atoms with Crippen LogP contribution < -0.4 is 16.6 Å². The van der Waals surface area contributed by atoms with Crippen molar-refractivity contribution in [3.05, 3.63) is 0 Å². The van der Waals surface area contributed by atoms with E-state index < -0.39 is 9.84 Å². The molecule has 0 fully saturated rings. The second-order valence-electron chi connectivity index (χ2n) is 2.64. The third-order valence-corrected chi connectivity index (χ3v) is 3.28. The summed E-state index contributed by atoms with van der Waals surface area (Å²) in [5, 5.41) is 2.86. The minimum Gasteiger partial charge on any atom is -0.356 e. The molecule has 4 N–H and O–H groups in total. The molecular weight excluding hydrogens is 204 g/mol. The number of hydrogen-bond donors (Lipinski definition) is 3. The highest BCUT2D eigenvalue weighted by Crippen LogP contribution is 1.88. The highest BCUT2D eigenvalue weighted by molar-refractivity contribution is 7.91. The summed E-state index contributed by atoms with van der Waals surface area (Å²) in [6, 6.07) is 0. The summed E-state index contributed by atoms with van der Waals surface area (Å²) in [5.74, 6) is 5.77. The average Bonchev–Trinajstić information content (AvgIpc) is 2.16. The first-order chi connectivity index (χ1) is 6.55. The number of sulfone groups is 1. The van der Waals surface area contributed by atoms with Gasteiger partial charge in [0.25, 0.3) is 0 Å². The van der Waals surface area contributed by atoms with E-state index >= 15 is 0 Å². The van der Waals surface area contributed by atoms with Gasteiger partial charge in [0.15, 0.2) is 9.84 Å². The summed E-state index contributed by atoms with van der Waals surface area (Å²) < 4.78 is 22.2. The van der Waals surface area contributed by atoms with Gasteiger partial charge < -0.3 is 5.32 Å². The van der Waals surface area contributed by atoms with Crippen molar-refractivity contribution < 1.29 is 8.42 Å². The zero-order chi connectivity index (χ0) is 11.0. The van der Waals surface area contributed by atoms with Gasteiger partial charge in [-0.2, -0.15) is 0 Å². The van der Waals surface area contributed by atoms with Gasteiger partial charge in [0, 0.05) is 12.3 Å². The van der Waals surface area contributed by atoms with E-state index in [0.717, 1.165) is 0 Å². The van der Waals surface area contributed by atoms with Crippen LogP contribution in [0.4, 0.5) is 0 Å². The minimum absolute atomic E-state index is 0.0556. The van der Waals surface area contributed by atoms with Gasteiger partial charge in [0.05, 0.1) is 12.3 Å². The zero-order valence-corrected chi connectivity index (χ0v) is 9.39. The van der Waals surface area contributed by atoms with Gasteiger partial charge in [-0.15, -0.1) is 0 Å². The van der Waals surface area contributed by atoms with Gasteiger partial charge in [-0.3, -0.25) is 10.4 Å². The molecular formula is C7H18N4O2S. The third kappa shape index (κ3) is 5.76. The highest BCUT2D eigenvalue weighted by atomic mass is 32.2. The molecule has 0 rings (SSSR count). The Labute approximate surface area is 84.9 Å². The van der Waals surface area contributed by atoms with Gasteiger partial charge in [0.2, 0.25) is 5.96 Å². The lowest BCUT2D eigenvalue weighted by Crippen LogP contribution is -2.41. The number of nitrogens with zero attached hydrogens (tertiary/aromatic N) is 1. The van der Waals surface area contributed by atoms with E-state index in [4.69, 9.17) is 5.84 Å². The summed E-state index contributed by atoms with van der Waals surface area (Å²) in [6.07, 6.45) is 0. The first-order valence-electron chi connectivity index (χ1n) is 4.51. The Bertz CT molecular complexity index is 273. The molecule has 0 aromatic heterocycles. The Kier molecular flexibility index (Phi) is 6.22. The van der Waals surface area contributed by atoms with E-state index in [0.29, 0.717) is 12.5 Å². The Morgan fingerprint density at radius 1 is 1.43 bits per heavy atom. The van der Waals surface area contributed by atoms with Crippen molar-refractivity contribution in [1.29, 1.82) is 0 Å². The molecule has 7 heteroatoms. The second kappa shape index (κ2) is 6.61. The Morgan fingerprint density at radius 3 is 2.50 bits per heavy atom. The smallest absolute Gasteiger partial charge is 0.205 e. The molecule has 0 saturated carbocycles. The molecule has 0 aromatic carbocycles. The van der Waals surface area contributed by atoms with E-state index in [1.54, 1.807) is 6.92 Å². The second-order valence-corrected chi connectivity index (χ2v) is 5.11. The van der Waals surface area contributed by atoms with E-state index in [2.05, 4.69) is 15.7 Å². The molecule has 0 heterocycles. The molecule has 0 radical (unpaired) electrons. The van der Waals surface area contributed by atoms with E-state index in [1.807, 2.05) is 6.92 Å². The van der Waals surface area contributed by atoms with Crippen LogP contribution in [0.25, 0.3) is 0 Å². The van der Waals surface area contributed by atoms with E-state index in [9.17, 15) is 8.42 Å². The molecule has 0 aromatic rings. The molecule has 0 saturated heterocycles. The Morgan fingerprint density at radius 2 is 2.07 bits per heavy atom. The molecule has 0 aliphatic heterocycles. The topological polar surface area (TPSA) is 96.6 Å². The third-order valence-electron chi connectivity index (χ3n) is 1.59. The lowest BCUT2D eigenvalue weighted by molar-refractivity contribution is 0.597. The molecule has 0 spiro atoms. The van der Waals surface area contributed by atoms with Crippen LogP contribution in [0.15, 0.2) is 4.99 Å². The van der Waals surface area contributed by atoms with Crippen molar-refractivity contribution in [2.24, 2.45) is 10.8 Å². The van der Waals surface area contributed by atoms with Crippen LogP contribution in [0, 0.1) is 0 Å². The van der Waals surface area contributed by atoms with Crippen LogP contribution in [0.1, 0.15) is 13.8 Å². The van der Waals surface area contributed by atoms with Gasteiger partial charge >= 0.3 is 0 Å². The highest BCUT2D eigenvalue weighted by Gasteiger charge is 2.05. The Hall–Kier alpha value is -0.820. The summed E-state index contributed by atoms with van der Waals surface area (Å²) in [6.45, 7) is 4.42. The average molecular weight is 222 g/mol. The standard InChI is InChI=1S/C7H18N4O2S/c1-3-9-7(11-8)10-5-6-14(12,13)4-2/h3-6,8H2,1-2H3,(H2,9,10,11). The van der Waals surface area contributed by atoms with Gasteiger partial charge in [-0.1, -0.05) is 6.92 Å². The normalized spacial score (nSPS) is 12.6. The fraction of sp³-hybridized carbons (Fsp3) is 0.857. The summed E-state index contributed by atoms with van der Waals surface area (Å²) in [7, 11) is -2.94. The number of guanidine groups is 1. The van der Waals surface area contributed by atoms with Crippen LogP contribution >= 0.6 is 0 Å².